The Morgan fingerprint density at radius 3 is 2.15 bits per heavy atom. The Kier molecular flexibility index (Phi) is 9.29. The fraction of sp³-hybridized carbons (Fsp3) is 0.800. The van der Waals surface area contributed by atoms with Crippen LogP contribution in [0.15, 0.2) is 0 Å². The van der Waals surface area contributed by atoms with Crippen LogP contribution in [0.25, 0.3) is 0 Å². The summed E-state index contributed by atoms with van der Waals surface area (Å²) in [5.41, 5.74) is 0. The second-order valence-corrected chi connectivity index (χ2v) is 2.67. The zero-order valence-electron chi connectivity index (χ0n) is 8.93. The van der Waals surface area contributed by atoms with Crippen LogP contribution in [0.3, 0.4) is 0 Å². The quantitative estimate of drug-likeness (QED) is 0.356. The standard InChI is InChI=1S/C10H19BO2/c1-4-7-8-9-10-11(12-5-2)13-6-3/h4-8H2,1-3H3. The molecular formula is C10H19BO2. The highest BCUT2D eigenvalue weighted by molar-refractivity contribution is 6.54. The summed E-state index contributed by atoms with van der Waals surface area (Å²) in [5.74, 6) is 6.02. The maximum atomic E-state index is 5.27. The van der Waals surface area contributed by atoms with Gasteiger partial charge in [0.2, 0.25) is 0 Å². The van der Waals surface area contributed by atoms with Gasteiger partial charge in [-0.3, -0.25) is 0 Å². The molecule has 0 rings (SSSR count). The molecule has 0 heterocycles. The first kappa shape index (κ1) is 12.5. The maximum Gasteiger partial charge on any atom is 0.550 e. The minimum absolute atomic E-state index is 0.327. The maximum absolute atomic E-state index is 5.27. The van der Waals surface area contributed by atoms with E-state index in [2.05, 4.69) is 18.7 Å². The van der Waals surface area contributed by atoms with Crippen molar-refractivity contribution in [2.75, 3.05) is 13.2 Å². The lowest BCUT2D eigenvalue weighted by atomic mass is 9.91. The van der Waals surface area contributed by atoms with Gasteiger partial charge in [0.25, 0.3) is 0 Å². The Morgan fingerprint density at radius 2 is 1.69 bits per heavy atom. The predicted octanol–water partition coefficient (Wildman–Crippen LogP) is 2.28. The van der Waals surface area contributed by atoms with E-state index < -0.39 is 0 Å². The summed E-state index contributed by atoms with van der Waals surface area (Å²) in [4.78, 5) is 0. The van der Waals surface area contributed by atoms with Crippen molar-refractivity contribution in [1.82, 2.24) is 0 Å². The van der Waals surface area contributed by atoms with Gasteiger partial charge < -0.3 is 9.31 Å². The smallest absolute Gasteiger partial charge is 0.401 e. The summed E-state index contributed by atoms with van der Waals surface area (Å²) in [6.07, 6.45) is 3.27. The van der Waals surface area contributed by atoms with Crippen LogP contribution in [0.2, 0.25) is 0 Å². The van der Waals surface area contributed by atoms with E-state index in [0.717, 1.165) is 12.8 Å². The molecule has 0 fully saturated rings. The molecule has 0 N–H and O–H groups in total. The summed E-state index contributed by atoms with van der Waals surface area (Å²) in [6.45, 7) is 7.34. The Balaban J connectivity index is 3.68. The van der Waals surface area contributed by atoms with E-state index in [1.165, 1.54) is 6.42 Å². The monoisotopic (exact) mass is 182 g/mol. The molecule has 0 bridgehead atoms. The zero-order valence-corrected chi connectivity index (χ0v) is 8.93. The number of rotatable bonds is 6. The summed E-state index contributed by atoms with van der Waals surface area (Å²) in [7, 11) is -0.327. The normalized spacial score (nSPS) is 9.15. The highest BCUT2D eigenvalue weighted by Gasteiger charge is 2.12. The van der Waals surface area contributed by atoms with Crippen LogP contribution >= 0.6 is 0 Å². The lowest BCUT2D eigenvalue weighted by Gasteiger charge is -2.04. The third kappa shape index (κ3) is 7.89. The van der Waals surface area contributed by atoms with Crippen LogP contribution in [-0.2, 0) is 9.31 Å². The second-order valence-electron chi connectivity index (χ2n) is 2.67. The molecule has 0 unspecified atom stereocenters. The van der Waals surface area contributed by atoms with Gasteiger partial charge in [0.15, 0.2) is 0 Å². The summed E-state index contributed by atoms with van der Waals surface area (Å²) < 4.78 is 10.5. The Bertz CT molecular complexity index is 154. The van der Waals surface area contributed by atoms with Crippen LogP contribution in [-0.4, -0.2) is 20.3 Å². The van der Waals surface area contributed by atoms with Crippen molar-refractivity contribution in [3.8, 4) is 11.7 Å². The van der Waals surface area contributed by atoms with Crippen LogP contribution in [0.4, 0.5) is 0 Å². The molecule has 0 aliphatic carbocycles. The highest BCUT2D eigenvalue weighted by atomic mass is 16.6. The fourth-order valence-corrected chi connectivity index (χ4v) is 0.855. The van der Waals surface area contributed by atoms with Gasteiger partial charge in [-0.1, -0.05) is 19.2 Å². The SMILES string of the molecule is CCCCC#CB(OCC)OCC. The predicted molar refractivity (Wildman–Crippen MR) is 56.3 cm³/mol. The highest BCUT2D eigenvalue weighted by Crippen LogP contribution is 1.92. The van der Waals surface area contributed by atoms with Crippen molar-refractivity contribution in [2.24, 2.45) is 0 Å². The first-order chi connectivity index (χ1) is 6.35. The lowest BCUT2D eigenvalue weighted by molar-refractivity contribution is 0.226. The molecule has 0 aromatic heterocycles. The molecule has 0 aliphatic rings. The van der Waals surface area contributed by atoms with E-state index in [-0.39, 0.29) is 7.12 Å². The van der Waals surface area contributed by atoms with E-state index in [1.807, 2.05) is 13.8 Å². The van der Waals surface area contributed by atoms with Crippen molar-refractivity contribution in [3.05, 3.63) is 0 Å². The van der Waals surface area contributed by atoms with Crippen molar-refractivity contribution in [3.63, 3.8) is 0 Å². The van der Waals surface area contributed by atoms with Gasteiger partial charge in [-0.25, -0.2) is 0 Å². The molecule has 0 spiro atoms. The summed E-state index contributed by atoms with van der Waals surface area (Å²) in [6, 6.07) is 0. The van der Waals surface area contributed by atoms with Crippen molar-refractivity contribution in [2.45, 2.75) is 40.0 Å². The van der Waals surface area contributed by atoms with Crippen LogP contribution in [0.1, 0.15) is 40.0 Å². The van der Waals surface area contributed by atoms with Gasteiger partial charge in [0, 0.05) is 19.6 Å². The molecule has 0 atom stereocenters. The third-order valence-corrected chi connectivity index (χ3v) is 1.51. The van der Waals surface area contributed by atoms with Crippen molar-refractivity contribution < 1.29 is 9.31 Å². The van der Waals surface area contributed by atoms with Gasteiger partial charge >= 0.3 is 7.12 Å². The van der Waals surface area contributed by atoms with E-state index in [1.54, 1.807) is 0 Å². The van der Waals surface area contributed by atoms with Crippen molar-refractivity contribution in [1.29, 1.82) is 0 Å². The van der Waals surface area contributed by atoms with Crippen LogP contribution < -0.4 is 0 Å². The first-order valence-electron chi connectivity index (χ1n) is 5.06. The topological polar surface area (TPSA) is 18.5 Å². The molecule has 0 amide bonds. The molecule has 0 saturated heterocycles. The van der Waals surface area contributed by atoms with Crippen molar-refractivity contribution >= 4 is 7.12 Å². The fourth-order valence-electron chi connectivity index (χ4n) is 0.855. The molecule has 0 saturated carbocycles. The van der Waals surface area contributed by atoms with E-state index >= 15 is 0 Å². The van der Waals surface area contributed by atoms with Gasteiger partial charge in [-0.15, -0.1) is 5.92 Å². The lowest BCUT2D eigenvalue weighted by Crippen LogP contribution is -2.21. The summed E-state index contributed by atoms with van der Waals surface area (Å²) in [5, 5.41) is 0. The molecule has 13 heavy (non-hydrogen) atoms. The Morgan fingerprint density at radius 1 is 1.08 bits per heavy atom. The summed E-state index contributed by atoms with van der Waals surface area (Å²) >= 11 is 0. The molecule has 2 nitrogen and oxygen atoms in total. The van der Waals surface area contributed by atoms with Gasteiger partial charge in [0.1, 0.15) is 0 Å². The minimum atomic E-state index is -0.327. The van der Waals surface area contributed by atoms with Gasteiger partial charge in [0.05, 0.1) is 0 Å². The number of hydrogen-bond donors (Lipinski definition) is 0. The number of hydrogen-bond acceptors (Lipinski definition) is 2. The average Bonchev–Trinajstić information content (AvgIpc) is 2.13. The molecule has 74 valence electrons. The minimum Gasteiger partial charge on any atom is -0.401 e. The van der Waals surface area contributed by atoms with E-state index in [4.69, 9.17) is 9.31 Å². The van der Waals surface area contributed by atoms with Crippen LogP contribution in [0, 0.1) is 11.7 Å². The molecular weight excluding hydrogens is 163 g/mol. The van der Waals surface area contributed by atoms with E-state index in [9.17, 15) is 0 Å². The zero-order chi connectivity index (χ0) is 9.94. The molecule has 3 heteroatoms. The average molecular weight is 182 g/mol. The Labute approximate surface area is 82.1 Å². The number of unbranched alkanes of at least 4 members (excludes halogenated alkanes) is 2. The van der Waals surface area contributed by atoms with Crippen LogP contribution in [0.5, 0.6) is 0 Å². The molecule has 0 aliphatic heterocycles. The molecule has 0 radical (unpaired) electrons. The largest absolute Gasteiger partial charge is 0.550 e. The molecule has 0 aromatic rings. The second kappa shape index (κ2) is 9.63. The van der Waals surface area contributed by atoms with E-state index in [0.29, 0.717) is 13.2 Å². The Hall–Kier alpha value is -0.455. The third-order valence-electron chi connectivity index (χ3n) is 1.51. The van der Waals surface area contributed by atoms with Gasteiger partial charge in [-0.05, 0) is 20.3 Å². The van der Waals surface area contributed by atoms with Gasteiger partial charge in [-0.2, -0.15) is 0 Å². The molecule has 0 aromatic carbocycles. The first-order valence-corrected chi connectivity index (χ1v) is 5.06.